The molecule has 3 aromatic rings. The van der Waals surface area contributed by atoms with Crippen molar-refractivity contribution in [3.05, 3.63) is 41.0 Å². The Hall–Kier alpha value is -3.34. The third kappa shape index (κ3) is 5.11. The normalized spacial score (nSPS) is 17.4. The van der Waals surface area contributed by atoms with E-state index in [1.165, 1.54) is 27.4 Å². The van der Waals surface area contributed by atoms with Gasteiger partial charge in [0.25, 0.3) is 0 Å². The van der Waals surface area contributed by atoms with Gasteiger partial charge in [0.1, 0.15) is 17.0 Å². The van der Waals surface area contributed by atoms with Crippen molar-refractivity contribution < 1.29 is 23.7 Å². The summed E-state index contributed by atoms with van der Waals surface area (Å²) in [5.41, 5.74) is 1.34. The van der Waals surface area contributed by atoms with Crippen molar-refractivity contribution in [3.8, 4) is 28.6 Å². The number of carbonyl (C=O) groups excluding carboxylic acids is 1. The monoisotopic (exact) mass is 533 g/mol. The number of methoxy groups -OCH3 is 3. The highest BCUT2D eigenvalue weighted by molar-refractivity contribution is 6.41. The number of pyridine rings is 1. The van der Waals surface area contributed by atoms with Gasteiger partial charge in [-0.2, -0.15) is 0 Å². The second-order valence-electron chi connectivity index (χ2n) is 7.87. The summed E-state index contributed by atoms with van der Waals surface area (Å²) in [4.78, 5) is 25.5. The molecule has 2 atom stereocenters. The second kappa shape index (κ2) is 11.2. The zero-order valence-electron chi connectivity index (χ0n) is 19.9. The molecule has 1 aromatic carbocycles. The first kappa shape index (κ1) is 25.7. The quantitative estimate of drug-likeness (QED) is 0.415. The Balaban J connectivity index is 1.72. The van der Waals surface area contributed by atoms with Gasteiger partial charge in [0.05, 0.1) is 55.8 Å². The van der Waals surface area contributed by atoms with Crippen molar-refractivity contribution >= 4 is 46.0 Å². The van der Waals surface area contributed by atoms with Gasteiger partial charge in [-0.1, -0.05) is 29.8 Å². The van der Waals surface area contributed by atoms with Crippen LogP contribution in [-0.4, -0.2) is 67.5 Å². The van der Waals surface area contributed by atoms with Gasteiger partial charge in [-0.25, -0.2) is 15.0 Å². The van der Waals surface area contributed by atoms with Crippen LogP contribution in [0.4, 0.5) is 5.95 Å². The van der Waals surface area contributed by atoms with Crippen LogP contribution in [0, 0.1) is 0 Å². The Morgan fingerprint density at radius 3 is 2.47 bits per heavy atom. The highest BCUT2D eigenvalue weighted by Gasteiger charge is 2.28. The van der Waals surface area contributed by atoms with Gasteiger partial charge < -0.3 is 29.6 Å². The lowest BCUT2D eigenvalue weighted by Gasteiger charge is -2.32. The van der Waals surface area contributed by atoms with E-state index in [4.69, 9.17) is 42.1 Å². The number of anilines is 1. The molecule has 190 valence electrons. The molecule has 0 bridgehead atoms. The Labute approximate surface area is 217 Å². The molecule has 0 aliphatic carbocycles. The van der Waals surface area contributed by atoms with Crippen LogP contribution in [0.3, 0.4) is 0 Å². The lowest BCUT2D eigenvalue weighted by molar-refractivity contribution is -0.117. The van der Waals surface area contributed by atoms with Crippen LogP contribution >= 0.6 is 23.2 Å². The molecule has 12 heteroatoms. The van der Waals surface area contributed by atoms with E-state index in [1.807, 2.05) is 0 Å². The summed E-state index contributed by atoms with van der Waals surface area (Å²) in [6.45, 7) is 4.43. The van der Waals surface area contributed by atoms with Crippen molar-refractivity contribution in [2.24, 2.45) is 0 Å². The SMILES string of the molecule is C=CC(=O)N[C@H]1CCOC[C@H]1Nc1ncc2cc(-c3c(Cl)c(OC)cc(OC)c3Cl)nc(OC)c2n1. The smallest absolute Gasteiger partial charge is 0.243 e. The third-order valence-corrected chi connectivity index (χ3v) is 6.49. The molecule has 3 heterocycles. The van der Waals surface area contributed by atoms with Gasteiger partial charge in [-0.05, 0) is 18.6 Å². The standard InChI is InChI=1S/C24H25Cl2N5O5/c1-5-18(32)28-13-6-7-36-11-15(13)30-24-27-10-12-8-14(29-23(35-4)22(12)31-24)19-20(25)16(33-2)9-17(34-3)21(19)26/h5,8-10,13,15H,1,6-7,11H2,2-4H3,(H,28,32)(H,27,30,31)/t13-,15+/m0/s1. The minimum absolute atomic E-state index is 0.168. The molecule has 0 radical (unpaired) electrons. The number of hydrogen-bond acceptors (Lipinski definition) is 9. The average molecular weight is 534 g/mol. The van der Waals surface area contributed by atoms with Crippen LogP contribution < -0.4 is 24.8 Å². The summed E-state index contributed by atoms with van der Waals surface area (Å²) in [6.07, 6.45) is 3.52. The van der Waals surface area contributed by atoms with Crippen LogP contribution in [0.25, 0.3) is 22.2 Å². The first-order valence-corrected chi connectivity index (χ1v) is 11.7. The van der Waals surface area contributed by atoms with Crippen molar-refractivity contribution in [3.63, 3.8) is 0 Å². The Morgan fingerprint density at radius 2 is 1.83 bits per heavy atom. The maximum atomic E-state index is 11.8. The number of nitrogens with one attached hydrogen (secondary N) is 2. The molecule has 1 aliphatic rings. The number of nitrogens with zero attached hydrogens (tertiary/aromatic N) is 3. The number of halogens is 2. The van der Waals surface area contributed by atoms with Gasteiger partial charge in [0, 0.05) is 29.8 Å². The maximum absolute atomic E-state index is 11.8. The van der Waals surface area contributed by atoms with Crippen LogP contribution in [0.2, 0.25) is 10.0 Å². The molecule has 1 saturated heterocycles. The summed E-state index contributed by atoms with van der Waals surface area (Å²) in [6, 6.07) is 2.95. The van der Waals surface area contributed by atoms with Gasteiger partial charge in [0.15, 0.2) is 0 Å². The zero-order chi connectivity index (χ0) is 25.8. The summed E-state index contributed by atoms with van der Waals surface area (Å²) < 4.78 is 21.9. The number of carbonyl (C=O) groups is 1. The Morgan fingerprint density at radius 1 is 1.11 bits per heavy atom. The fourth-order valence-electron chi connectivity index (χ4n) is 3.92. The van der Waals surface area contributed by atoms with E-state index < -0.39 is 0 Å². The minimum atomic E-state index is -0.252. The Bertz CT molecular complexity index is 1280. The highest BCUT2D eigenvalue weighted by Crippen LogP contribution is 2.46. The number of aromatic nitrogens is 3. The zero-order valence-corrected chi connectivity index (χ0v) is 21.4. The van der Waals surface area contributed by atoms with Crippen molar-refractivity contribution in [1.29, 1.82) is 0 Å². The van der Waals surface area contributed by atoms with Gasteiger partial charge >= 0.3 is 0 Å². The van der Waals surface area contributed by atoms with Gasteiger partial charge in [-0.3, -0.25) is 4.79 Å². The summed E-state index contributed by atoms with van der Waals surface area (Å²) >= 11 is 13.2. The molecule has 0 unspecified atom stereocenters. The molecule has 36 heavy (non-hydrogen) atoms. The summed E-state index contributed by atoms with van der Waals surface area (Å²) in [5, 5.41) is 7.36. The van der Waals surface area contributed by atoms with Gasteiger partial charge in [-0.15, -0.1) is 0 Å². The third-order valence-electron chi connectivity index (χ3n) is 5.74. The maximum Gasteiger partial charge on any atom is 0.243 e. The van der Waals surface area contributed by atoms with Crippen molar-refractivity contribution in [2.45, 2.75) is 18.5 Å². The van der Waals surface area contributed by atoms with Crippen molar-refractivity contribution in [1.82, 2.24) is 20.3 Å². The largest absolute Gasteiger partial charge is 0.495 e. The number of rotatable bonds is 8. The number of benzene rings is 1. The predicted octanol–water partition coefficient (Wildman–Crippen LogP) is 3.90. The molecule has 1 fully saturated rings. The molecule has 1 aliphatic heterocycles. The predicted molar refractivity (Wildman–Crippen MR) is 137 cm³/mol. The first-order chi connectivity index (χ1) is 17.4. The topological polar surface area (TPSA) is 117 Å². The lowest BCUT2D eigenvalue weighted by atomic mass is 10.0. The van der Waals surface area contributed by atoms with E-state index in [0.29, 0.717) is 59.2 Å². The molecule has 0 saturated carbocycles. The van der Waals surface area contributed by atoms with Crippen molar-refractivity contribution in [2.75, 3.05) is 39.9 Å². The molecule has 0 spiro atoms. The van der Waals surface area contributed by atoms with E-state index in [-0.39, 0.29) is 33.9 Å². The number of hydrogen-bond donors (Lipinski definition) is 2. The van der Waals surface area contributed by atoms with E-state index >= 15 is 0 Å². The fourth-order valence-corrected chi connectivity index (χ4v) is 4.62. The number of amides is 1. The molecular formula is C24H25Cl2N5O5. The second-order valence-corrected chi connectivity index (χ2v) is 8.62. The molecule has 2 aromatic heterocycles. The van der Waals surface area contributed by atoms with Crippen LogP contribution in [-0.2, 0) is 9.53 Å². The number of ether oxygens (including phenoxy) is 4. The lowest BCUT2D eigenvalue weighted by Crippen LogP contribution is -2.52. The average Bonchev–Trinajstić information content (AvgIpc) is 2.89. The van der Waals surface area contributed by atoms with E-state index in [0.717, 1.165) is 0 Å². The van der Waals surface area contributed by atoms with Crippen LogP contribution in [0.1, 0.15) is 6.42 Å². The fraction of sp³-hybridized carbons (Fsp3) is 0.333. The van der Waals surface area contributed by atoms with Crippen LogP contribution in [0.15, 0.2) is 31.0 Å². The Kier molecular flexibility index (Phi) is 7.97. The molecule has 4 rings (SSSR count). The molecular weight excluding hydrogens is 509 g/mol. The number of fused-ring (bicyclic) bond motifs is 1. The molecule has 10 nitrogen and oxygen atoms in total. The summed E-state index contributed by atoms with van der Waals surface area (Å²) in [5.74, 6) is 1.11. The molecule has 2 N–H and O–H groups in total. The van der Waals surface area contributed by atoms with Crippen LogP contribution in [0.5, 0.6) is 17.4 Å². The first-order valence-electron chi connectivity index (χ1n) is 11.0. The van der Waals surface area contributed by atoms with E-state index in [9.17, 15) is 4.79 Å². The van der Waals surface area contributed by atoms with E-state index in [1.54, 1.807) is 18.3 Å². The van der Waals surface area contributed by atoms with Gasteiger partial charge in [0.2, 0.25) is 17.7 Å². The highest BCUT2D eigenvalue weighted by atomic mass is 35.5. The van der Waals surface area contributed by atoms with E-state index in [2.05, 4.69) is 32.2 Å². The minimum Gasteiger partial charge on any atom is -0.495 e. The molecule has 1 amide bonds. The summed E-state index contributed by atoms with van der Waals surface area (Å²) in [7, 11) is 4.49.